The summed E-state index contributed by atoms with van der Waals surface area (Å²) in [5.74, 6) is -1.54. The van der Waals surface area contributed by atoms with Crippen LogP contribution >= 0.6 is 34.4 Å². The molecule has 2 aromatic heterocycles. The van der Waals surface area contributed by atoms with Crippen molar-refractivity contribution in [1.29, 1.82) is 5.26 Å². The van der Waals surface area contributed by atoms with Crippen LogP contribution in [0, 0.1) is 18.3 Å². The molecule has 3 heterocycles. The number of thioether (sulfide) groups is 1. The summed E-state index contributed by atoms with van der Waals surface area (Å²) in [6.45, 7) is 1.96. The number of aromatic carboxylic acids is 1. The van der Waals surface area contributed by atoms with E-state index in [2.05, 4.69) is 21.6 Å². The first-order valence-corrected chi connectivity index (χ1v) is 14.6. The Labute approximate surface area is 235 Å². The lowest BCUT2D eigenvalue weighted by atomic mass is 9.78. The number of benzene rings is 1. The van der Waals surface area contributed by atoms with Crippen LogP contribution in [0.2, 0.25) is 0 Å². The number of rotatable bonds is 7. The number of hydrogen-bond acceptors (Lipinski definition) is 11. The Balaban J connectivity index is 1.37. The van der Waals surface area contributed by atoms with Gasteiger partial charge in [-0.1, -0.05) is 23.1 Å². The van der Waals surface area contributed by atoms with E-state index in [4.69, 9.17) is 10.8 Å². The van der Waals surface area contributed by atoms with Gasteiger partial charge in [-0.2, -0.15) is 5.26 Å². The summed E-state index contributed by atoms with van der Waals surface area (Å²) < 4.78 is 0.521. The lowest BCUT2D eigenvalue weighted by Gasteiger charge is -2.37. The van der Waals surface area contributed by atoms with E-state index in [1.807, 2.05) is 18.4 Å². The standard InChI is InChI=1S/C26H22N6O4S3/c1-13-9-10-37-22(13)20-16(11-27)23(28)32(17-3-2-4-18(33)21(17)20)25-30-31-26(39-25)38-12-19(34)29-15-7-5-14(6-8-15)24(35)36/h5-10,20H,2-4,12,28H2,1H3,(H,29,34)(H,35,36). The minimum atomic E-state index is -1.04. The van der Waals surface area contributed by atoms with E-state index in [0.717, 1.165) is 16.1 Å². The normalized spacial score (nSPS) is 17.2. The van der Waals surface area contributed by atoms with Crippen LogP contribution in [-0.2, 0) is 9.59 Å². The third-order valence-electron chi connectivity index (χ3n) is 6.41. The minimum Gasteiger partial charge on any atom is -0.478 e. The van der Waals surface area contributed by atoms with Crippen molar-refractivity contribution in [2.24, 2.45) is 5.73 Å². The predicted molar refractivity (Wildman–Crippen MR) is 150 cm³/mol. The number of aryl methyl sites for hydroxylation is 1. The predicted octanol–water partition coefficient (Wildman–Crippen LogP) is 4.64. The lowest BCUT2D eigenvalue weighted by molar-refractivity contribution is -0.116. The average Bonchev–Trinajstić information content (AvgIpc) is 3.56. The summed E-state index contributed by atoms with van der Waals surface area (Å²) in [6.07, 6.45) is 1.71. The number of hydrogen-bond donors (Lipinski definition) is 3. The number of Topliss-reactive ketones (excluding diaryl/α,β-unsaturated/α-hetero) is 1. The van der Waals surface area contributed by atoms with Gasteiger partial charge in [0.1, 0.15) is 5.82 Å². The summed E-state index contributed by atoms with van der Waals surface area (Å²) >= 11 is 3.92. The highest BCUT2D eigenvalue weighted by Crippen LogP contribution is 2.48. The Morgan fingerprint density at radius 3 is 2.69 bits per heavy atom. The number of carboxylic acid groups (broad SMARTS) is 1. The van der Waals surface area contributed by atoms with Crippen LogP contribution in [0.3, 0.4) is 0 Å². The highest BCUT2D eigenvalue weighted by molar-refractivity contribution is 8.01. The molecule has 198 valence electrons. The van der Waals surface area contributed by atoms with Gasteiger partial charge in [0.05, 0.1) is 28.9 Å². The molecule has 0 bridgehead atoms. The number of nitrogens with zero attached hydrogens (tertiary/aromatic N) is 4. The fraction of sp³-hybridized carbons (Fsp3) is 0.231. The van der Waals surface area contributed by atoms with Crippen LogP contribution in [0.25, 0.3) is 0 Å². The maximum absolute atomic E-state index is 13.2. The van der Waals surface area contributed by atoms with Gasteiger partial charge in [-0.15, -0.1) is 21.5 Å². The third-order valence-corrected chi connectivity index (χ3v) is 9.53. The average molecular weight is 579 g/mol. The highest BCUT2D eigenvalue weighted by atomic mass is 32.2. The van der Waals surface area contributed by atoms with Crippen molar-refractivity contribution in [1.82, 2.24) is 10.2 Å². The van der Waals surface area contributed by atoms with E-state index >= 15 is 0 Å². The Morgan fingerprint density at radius 2 is 2.03 bits per heavy atom. The number of nitrogens with two attached hydrogens (primary N) is 1. The molecular formula is C26H22N6O4S3. The second kappa shape index (κ2) is 11.0. The number of aromatic nitrogens is 2. The molecule has 39 heavy (non-hydrogen) atoms. The molecular weight excluding hydrogens is 557 g/mol. The van der Waals surface area contributed by atoms with Crippen LogP contribution < -0.4 is 16.0 Å². The zero-order valence-electron chi connectivity index (χ0n) is 20.6. The summed E-state index contributed by atoms with van der Waals surface area (Å²) in [6, 6.07) is 10.1. The summed E-state index contributed by atoms with van der Waals surface area (Å²) in [5, 5.41) is 32.7. The number of anilines is 2. The summed E-state index contributed by atoms with van der Waals surface area (Å²) in [7, 11) is 0. The lowest BCUT2D eigenvalue weighted by Crippen LogP contribution is -2.38. The Hall–Kier alpha value is -3.99. The highest BCUT2D eigenvalue weighted by Gasteiger charge is 2.42. The van der Waals surface area contributed by atoms with Crippen LogP contribution in [0.15, 0.2) is 62.7 Å². The van der Waals surface area contributed by atoms with E-state index in [9.17, 15) is 19.6 Å². The van der Waals surface area contributed by atoms with Crippen molar-refractivity contribution in [3.8, 4) is 6.07 Å². The quantitative estimate of drug-likeness (QED) is 0.337. The number of allylic oxidation sites excluding steroid dienone is 3. The molecule has 10 nitrogen and oxygen atoms in total. The van der Waals surface area contributed by atoms with Gasteiger partial charge < -0.3 is 16.2 Å². The smallest absolute Gasteiger partial charge is 0.335 e. The fourth-order valence-electron chi connectivity index (χ4n) is 4.62. The van der Waals surface area contributed by atoms with Crippen LogP contribution in [0.1, 0.15) is 46.0 Å². The number of nitriles is 1. The van der Waals surface area contributed by atoms with Crippen LogP contribution in [0.5, 0.6) is 0 Å². The SMILES string of the molecule is Cc1ccsc1C1C(C#N)=C(N)N(c2nnc(SCC(=O)Nc3ccc(C(=O)O)cc3)s2)C2=C1C(=O)CCC2. The van der Waals surface area contributed by atoms with Crippen LogP contribution in [-0.4, -0.2) is 38.7 Å². The Morgan fingerprint density at radius 1 is 1.26 bits per heavy atom. The van der Waals surface area contributed by atoms with Crippen molar-refractivity contribution in [2.45, 2.75) is 36.4 Å². The molecule has 0 saturated carbocycles. The molecule has 1 aliphatic carbocycles. The van der Waals surface area contributed by atoms with Crippen LogP contribution in [0.4, 0.5) is 10.8 Å². The molecule has 0 spiro atoms. The van der Waals surface area contributed by atoms with Gasteiger partial charge in [-0.05, 0) is 61.0 Å². The van der Waals surface area contributed by atoms with Crippen molar-refractivity contribution >= 4 is 62.9 Å². The largest absolute Gasteiger partial charge is 0.478 e. The van der Waals surface area contributed by atoms with Crippen molar-refractivity contribution in [2.75, 3.05) is 16.0 Å². The number of ketones is 1. The van der Waals surface area contributed by atoms with Gasteiger partial charge >= 0.3 is 5.97 Å². The van der Waals surface area contributed by atoms with Gasteiger partial charge in [0.15, 0.2) is 10.1 Å². The first-order valence-electron chi connectivity index (χ1n) is 11.9. The van der Waals surface area contributed by atoms with Gasteiger partial charge in [0.2, 0.25) is 11.0 Å². The zero-order chi connectivity index (χ0) is 27.7. The first kappa shape index (κ1) is 26.6. The van der Waals surface area contributed by atoms with Crippen molar-refractivity contribution in [3.05, 3.63) is 74.4 Å². The Bertz CT molecular complexity index is 1580. The van der Waals surface area contributed by atoms with Crippen molar-refractivity contribution < 1.29 is 19.5 Å². The number of carboxylic acids is 1. The molecule has 0 saturated heterocycles. The Kier molecular flexibility index (Phi) is 7.51. The van der Waals surface area contributed by atoms with Gasteiger partial charge in [-0.25, -0.2) is 4.79 Å². The molecule has 0 fully saturated rings. The van der Waals surface area contributed by atoms with Crippen molar-refractivity contribution in [3.63, 3.8) is 0 Å². The minimum absolute atomic E-state index is 0.00599. The number of carbonyl (C=O) groups is 3. The monoisotopic (exact) mass is 578 g/mol. The van der Waals surface area contributed by atoms with E-state index in [-0.39, 0.29) is 28.8 Å². The number of carbonyl (C=O) groups excluding carboxylic acids is 2. The van der Waals surface area contributed by atoms with E-state index in [1.165, 1.54) is 58.7 Å². The molecule has 4 N–H and O–H groups in total. The number of nitrogens with one attached hydrogen (secondary N) is 1. The van der Waals surface area contributed by atoms with Gasteiger partial charge in [0.25, 0.3) is 0 Å². The molecule has 0 radical (unpaired) electrons. The third kappa shape index (κ3) is 5.18. The van der Waals surface area contributed by atoms with E-state index in [1.54, 1.807) is 4.90 Å². The molecule has 1 unspecified atom stereocenters. The molecule has 1 amide bonds. The molecule has 1 aliphatic heterocycles. The second-order valence-electron chi connectivity index (χ2n) is 8.85. The van der Waals surface area contributed by atoms with E-state index in [0.29, 0.717) is 45.6 Å². The first-order chi connectivity index (χ1) is 18.8. The molecule has 1 aromatic carbocycles. The number of thiophene rings is 1. The topological polar surface area (TPSA) is 162 Å². The summed E-state index contributed by atoms with van der Waals surface area (Å²) in [4.78, 5) is 39.3. The molecule has 2 aliphatic rings. The number of amides is 1. The summed E-state index contributed by atoms with van der Waals surface area (Å²) in [5.41, 5.74) is 9.86. The fourth-order valence-corrected chi connectivity index (χ4v) is 7.34. The molecule has 3 aromatic rings. The maximum Gasteiger partial charge on any atom is 0.335 e. The maximum atomic E-state index is 13.2. The van der Waals surface area contributed by atoms with E-state index < -0.39 is 11.9 Å². The molecule has 5 rings (SSSR count). The van der Waals surface area contributed by atoms with Gasteiger partial charge in [0, 0.05) is 28.3 Å². The zero-order valence-corrected chi connectivity index (χ0v) is 23.1. The molecule has 1 atom stereocenters. The van der Waals surface area contributed by atoms with Gasteiger partial charge in [-0.3, -0.25) is 14.5 Å². The molecule has 13 heteroatoms. The second-order valence-corrected chi connectivity index (χ2v) is 12.0.